The summed E-state index contributed by atoms with van der Waals surface area (Å²) in [4.78, 5) is 0. The molecule has 21 heavy (non-hydrogen) atoms. The Morgan fingerprint density at radius 1 is 1.05 bits per heavy atom. The zero-order valence-electron chi connectivity index (χ0n) is 12.1. The lowest BCUT2D eigenvalue weighted by Crippen LogP contribution is -2.03. The van der Waals surface area contributed by atoms with Crippen LogP contribution in [0.3, 0.4) is 0 Å². The molecule has 1 heterocycles. The molecule has 1 N–H and O–H groups in total. The second kappa shape index (κ2) is 5.79. The largest absolute Gasteiger partial charge is 0.423 e. The van der Waals surface area contributed by atoms with Gasteiger partial charge in [-0.05, 0) is 48.7 Å². The maximum absolute atomic E-state index is 5.23. The van der Waals surface area contributed by atoms with Gasteiger partial charge in [0, 0.05) is 17.8 Å². The number of nitrogens with zero attached hydrogens (tertiary/aromatic N) is 2. The summed E-state index contributed by atoms with van der Waals surface area (Å²) in [5.74, 6) is 0.533. The summed E-state index contributed by atoms with van der Waals surface area (Å²) in [5.41, 5.74) is 5.89. The van der Waals surface area contributed by atoms with Gasteiger partial charge in [-0.15, -0.1) is 10.2 Å². The Bertz CT molecular complexity index is 715. The normalized spacial score (nSPS) is 10.6. The van der Waals surface area contributed by atoms with Crippen molar-refractivity contribution >= 4 is 5.69 Å². The highest BCUT2D eigenvalue weighted by molar-refractivity contribution is 5.61. The van der Waals surface area contributed by atoms with Crippen LogP contribution in [0.4, 0.5) is 5.69 Å². The van der Waals surface area contributed by atoms with Crippen LogP contribution in [0.5, 0.6) is 0 Å². The molecule has 0 spiro atoms. The second-order valence-electron chi connectivity index (χ2n) is 5.05. The fourth-order valence-electron chi connectivity index (χ4n) is 2.38. The average molecular weight is 279 g/mol. The summed E-state index contributed by atoms with van der Waals surface area (Å²) in [5, 5.41) is 11.1. The minimum Gasteiger partial charge on any atom is -0.423 e. The van der Waals surface area contributed by atoms with Crippen molar-refractivity contribution in [2.24, 2.45) is 0 Å². The van der Waals surface area contributed by atoms with Crippen molar-refractivity contribution in [1.29, 1.82) is 0 Å². The molecule has 0 fully saturated rings. The van der Waals surface area contributed by atoms with E-state index in [0.717, 1.165) is 17.8 Å². The first-order valence-electron chi connectivity index (χ1n) is 6.89. The molecular weight excluding hydrogens is 262 g/mol. The molecule has 106 valence electrons. The lowest BCUT2D eigenvalue weighted by molar-refractivity contribution is 0.568. The van der Waals surface area contributed by atoms with Crippen molar-refractivity contribution in [2.45, 2.75) is 20.4 Å². The van der Waals surface area contributed by atoms with Crippen LogP contribution >= 0.6 is 0 Å². The first kappa shape index (κ1) is 13.4. The van der Waals surface area contributed by atoms with E-state index >= 15 is 0 Å². The fraction of sp³-hybridized carbons (Fsp3) is 0.176. The van der Waals surface area contributed by atoms with Crippen LogP contribution in [-0.2, 0) is 6.54 Å². The number of aromatic nitrogens is 2. The molecule has 2 aromatic carbocycles. The predicted octanol–water partition coefficient (Wildman–Crippen LogP) is 3.97. The smallest absolute Gasteiger partial charge is 0.247 e. The third-order valence-corrected chi connectivity index (χ3v) is 3.58. The highest BCUT2D eigenvalue weighted by atomic mass is 16.4. The minimum atomic E-state index is 0.533. The molecule has 0 bridgehead atoms. The van der Waals surface area contributed by atoms with E-state index in [1.807, 2.05) is 24.3 Å². The molecule has 0 aliphatic heterocycles. The molecule has 1 aromatic heterocycles. The highest BCUT2D eigenvalue weighted by Gasteiger charge is 2.05. The van der Waals surface area contributed by atoms with Gasteiger partial charge in [-0.3, -0.25) is 0 Å². The van der Waals surface area contributed by atoms with Gasteiger partial charge in [-0.25, -0.2) is 0 Å². The SMILES string of the molecule is Cc1cccc(C)c1CNc1cccc(-c2nnco2)c1. The molecule has 0 aliphatic carbocycles. The Kier molecular flexibility index (Phi) is 3.69. The van der Waals surface area contributed by atoms with E-state index in [1.165, 1.54) is 23.1 Å². The maximum atomic E-state index is 5.23. The van der Waals surface area contributed by atoms with Gasteiger partial charge in [0.15, 0.2) is 0 Å². The molecule has 0 unspecified atom stereocenters. The molecule has 4 nitrogen and oxygen atoms in total. The highest BCUT2D eigenvalue weighted by Crippen LogP contribution is 2.21. The van der Waals surface area contributed by atoms with Crippen molar-refractivity contribution in [2.75, 3.05) is 5.32 Å². The van der Waals surface area contributed by atoms with E-state index in [0.29, 0.717) is 5.89 Å². The van der Waals surface area contributed by atoms with Crippen molar-refractivity contribution < 1.29 is 4.42 Å². The van der Waals surface area contributed by atoms with Gasteiger partial charge in [0.25, 0.3) is 0 Å². The lowest BCUT2D eigenvalue weighted by atomic mass is 10.0. The van der Waals surface area contributed by atoms with Gasteiger partial charge in [0.05, 0.1) is 0 Å². The number of benzene rings is 2. The third-order valence-electron chi connectivity index (χ3n) is 3.58. The van der Waals surface area contributed by atoms with Gasteiger partial charge in [-0.2, -0.15) is 0 Å². The lowest BCUT2D eigenvalue weighted by Gasteiger charge is -2.12. The van der Waals surface area contributed by atoms with Gasteiger partial charge < -0.3 is 9.73 Å². The summed E-state index contributed by atoms with van der Waals surface area (Å²) >= 11 is 0. The number of hydrogen-bond acceptors (Lipinski definition) is 4. The Morgan fingerprint density at radius 2 is 1.81 bits per heavy atom. The van der Waals surface area contributed by atoms with E-state index < -0.39 is 0 Å². The monoisotopic (exact) mass is 279 g/mol. The van der Waals surface area contributed by atoms with E-state index in [-0.39, 0.29) is 0 Å². The third kappa shape index (κ3) is 2.94. The molecule has 0 saturated heterocycles. The Hall–Kier alpha value is -2.62. The van der Waals surface area contributed by atoms with Crippen LogP contribution in [0, 0.1) is 13.8 Å². The number of nitrogens with one attached hydrogen (secondary N) is 1. The van der Waals surface area contributed by atoms with Gasteiger partial charge in [0.2, 0.25) is 12.3 Å². The summed E-state index contributed by atoms with van der Waals surface area (Å²) in [6.07, 6.45) is 1.34. The first-order chi connectivity index (χ1) is 10.2. The first-order valence-corrected chi connectivity index (χ1v) is 6.89. The maximum Gasteiger partial charge on any atom is 0.247 e. The Morgan fingerprint density at radius 3 is 2.52 bits per heavy atom. The molecule has 0 saturated carbocycles. The fourth-order valence-corrected chi connectivity index (χ4v) is 2.38. The van der Waals surface area contributed by atoms with Crippen LogP contribution in [0.25, 0.3) is 11.5 Å². The summed E-state index contributed by atoms with van der Waals surface area (Å²) in [6.45, 7) is 5.07. The summed E-state index contributed by atoms with van der Waals surface area (Å²) in [7, 11) is 0. The zero-order valence-corrected chi connectivity index (χ0v) is 12.1. The van der Waals surface area contributed by atoms with E-state index in [2.05, 4.69) is 47.6 Å². The number of hydrogen-bond donors (Lipinski definition) is 1. The second-order valence-corrected chi connectivity index (χ2v) is 5.05. The number of rotatable bonds is 4. The topological polar surface area (TPSA) is 51.0 Å². The van der Waals surface area contributed by atoms with Crippen LogP contribution < -0.4 is 5.32 Å². The average Bonchev–Trinajstić information content (AvgIpc) is 3.01. The van der Waals surface area contributed by atoms with Gasteiger partial charge in [-0.1, -0.05) is 24.3 Å². The van der Waals surface area contributed by atoms with Crippen molar-refractivity contribution in [3.63, 3.8) is 0 Å². The number of anilines is 1. The van der Waals surface area contributed by atoms with Crippen LogP contribution in [0.15, 0.2) is 53.3 Å². The van der Waals surface area contributed by atoms with E-state index in [4.69, 9.17) is 4.42 Å². The minimum absolute atomic E-state index is 0.533. The van der Waals surface area contributed by atoms with Gasteiger partial charge >= 0.3 is 0 Å². The molecular formula is C17H17N3O. The molecule has 0 amide bonds. The van der Waals surface area contributed by atoms with Crippen LogP contribution in [0.1, 0.15) is 16.7 Å². The van der Waals surface area contributed by atoms with E-state index in [9.17, 15) is 0 Å². The molecule has 0 radical (unpaired) electrons. The molecule has 4 heteroatoms. The van der Waals surface area contributed by atoms with Crippen LogP contribution in [-0.4, -0.2) is 10.2 Å². The van der Waals surface area contributed by atoms with Crippen LogP contribution in [0.2, 0.25) is 0 Å². The Balaban J connectivity index is 1.78. The predicted molar refractivity (Wildman–Crippen MR) is 83.0 cm³/mol. The van der Waals surface area contributed by atoms with Crippen molar-refractivity contribution in [1.82, 2.24) is 10.2 Å². The summed E-state index contributed by atoms with van der Waals surface area (Å²) in [6, 6.07) is 14.3. The number of aryl methyl sites for hydroxylation is 2. The quantitative estimate of drug-likeness (QED) is 0.785. The molecule has 3 rings (SSSR count). The van der Waals surface area contributed by atoms with Crippen molar-refractivity contribution in [3.8, 4) is 11.5 Å². The molecule has 0 atom stereocenters. The zero-order chi connectivity index (χ0) is 14.7. The van der Waals surface area contributed by atoms with Gasteiger partial charge in [0.1, 0.15) is 0 Å². The van der Waals surface area contributed by atoms with Crippen molar-refractivity contribution in [3.05, 3.63) is 65.5 Å². The molecule has 3 aromatic rings. The van der Waals surface area contributed by atoms with E-state index in [1.54, 1.807) is 0 Å². The summed E-state index contributed by atoms with van der Waals surface area (Å²) < 4.78 is 5.23. The Labute approximate surface area is 123 Å². The molecule has 0 aliphatic rings. The standard InChI is InChI=1S/C17H17N3O/c1-12-5-3-6-13(2)16(12)10-18-15-8-4-7-14(9-15)17-20-19-11-21-17/h3-9,11,18H,10H2,1-2H3.